The predicted molar refractivity (Wildman–Crippen MR) is 69.9 cm³/mol. The predicted octanol–water partition coefficient (Wildman–Crippen LogP) is 2.07. The maximum absolute atomic E-state index is 12.7. The number of benzene rings is 1. The molecular weight excluding hydrogens is 249 g/mol. The summed E-state index contributed by atoms with van der Waals surface area (Å²) in [5.74, 6) is -2.27. The fourth-order valence-corrected chi connectivity index (χ4v) is 1.35. The van der Waals surface area contributed by atoms with Gasteiger partial charge in [-0.3, -0.25) is 9.59 Å². The van der Waals surface area contributed by atoms with Gasteiger partial charge in [-0.2, -0.15) is 0 Å². The molecule has 1 amide bonds. The molecule has 1 aromatic carbocycles. The zero-order chi connectivity index (χ0) is 14.4. The monoisotopic (exact) mass is 265 g/mol. The number of carbonyl (C=O) groups excluding carboxylic acids is 1. The van der Waals surface area contributed by atoms with Crippen LogP contribution in [-0.2, 0) is 9.59 Å². The first-order chi connectivity index (χ1) is 8.90. The van der Waals surface area contributed by atoms with E-state index in [1.807, 2.05) is 0 Å². The maximum atomic E-state index is 12.7. The number of carboxylic acid groups (broad SMARTS) is 1. The number of aliphatic carboxylic acids is 1. The Kier molecular flexibility index (Phi) is 5.23. The van der Waals surface area contributed by atoms with Crippen LogP contribution in [0.2, 0.25) is 0 Å². The molecule has 0 saturated carbocycles. The summed E-state index contributed by atoms with van der Waals surface area (Å²) in [5.41, 5.74) is 1.14. The van der Waals surface area contributed by atoms with Crippen LogP contribution in [0.1, 0.15) is 19.4 Å². The molecule has 0 aliphatic heterocycles. The Hall–Kier alpha value is -2.17. The van der Waals surface area contributed by atoms with E-state index in [4.69, 9.17) is 5.11 Å². The topological polar surface area (TPSA) is 66.4 Å². The van der Waals surface area contributed by atoms with Gasteiger partial charge < -0.3 is 10.4 Å². The van der Waals surface area contributed by atoms with Gasteiger partial charge in [0.05, 0.1) is 5.92 Å². The van der Waals surface area contributed by atoms with Crippen LogP contribution in [-0.4, -0.2) is 23.5 Å². The summed E-state index contributed by atoms with van der Waals surface area (Å²) in [4.78, 5) is 22.3. The van der Waals surface area contributed by atoms with Crippen LogP contribution in [0, 0.1) is 11.7 Å². The van der Waals surface area contributed by atoms with Crippen LogP contribution < -0.4 is 5.32 Å². The van der Waals surface area contributed by atoms with E-state index in [0.29, 0.717) is 11.1 Å². The van der Waals surface area contributed by atoms with E-state index in [9.17, 15) is 14.0 Å². The van der Waals surface area contributed by atoms with Crippen LogP contribution >= 0.6 is 0 Å². The van der Waals surface area contributed by atoms with Gasteiger partial charge in [0.25, 0.3) is 0 Å². The number of nitrogens with one attached hydrogen (secondary N) is 1. The Morgan fingerprint density at radius 1 is 1.37 bits per heavy atom. The molecule has 1 aromatic rings. The van der Waals surface area contributed by atoms with E-state index >= 15 is 0 Å². The van der Waals surface area contributed by atoms with E-state index in [0.717, 1.165) is 0 Å². The van der Waals surface area contributed by atoms with Gasteiger partial charge in [0.2, 0.25) is 5.91 Å². The normalized spacial score (nSPS) is 12.9. The third-order valence-corrected chi connectivity index (χ3v) is 2.60. The summed E-state index contributed by atoms with van der Waals surface area (Å²) >= 11 is 0. The maximum Gasteiger partial charge on any atom is 0.308 e. The van der Waals surface area contributed by atoms with Crippen molar-refractivity contribution in [3.8, 4) is 0 Å². The molecule has 0 unspecified atom stereocenters. The largest absolute Gasteiger partial charge is 0.481 e. The number of carboxylic acids is 1. The summed E-state index contributed by atoms with van der Waals surface area (Å²) in [6.45, 7) is 3.20. The van der Waals surface area contributed by atoms with Crippen molar-refractivity contribution < 1.29 is 19.1 Å². The van der Waals surface area contributed by atoms with Crippen molar-refractivity contribution in [2.24, 2.45) is 5.92 Å². The Morgan fingerprint density at radius 3 is 2.47 bits per heavy atom. The van der Waals surface area contributed by atoms with Gasteiger partial charge in [-0.25, -0.2) is 4.39 Å². The first-order valence-electron chi connectivity index (χ1n) is 5.85. The Bertz CT molecular complexity index is 494. The third-order valence-electron chi connectivity index (χ3n) is 2.60. The quantitative estimate of drug-likeness (QED) is 0.801. The number of hydrogen-bond acceptors (Lipinski definition) is 2. The average molecular weight is 265 g/mol. The van der Waals surface area contributed by atoms with Gasteiger partial charge in [0, 0.05) is 12.1 Å². The second-order valence-corrected chi connectivity index (χ2v) is 4.33. The first-order valence-corrected chi connectivity index (χ1v) is 5.85. The molecule has 19 heavy (non-hydrogen) atoms. The van der Waals surface area contributed by atoms with Crippen molar-refractivity contribution in [1.82, 2.24) is 5.32 Å². The van der Waals surface area contributed by atoms with Crippen molar-refractivity contribution in [3.63, 3.8) is 0 Å². The van der Waals surface area contributed by atoms with Gasteiger partial charge >= 0.3 is 5.97 Å². The summed E-state index contributed by atoms with van der Waals surface area (Å²) in [5, 5.41) is 11.2. The number of carbonyl (C=O) groups is 2. The minimum atomic E-state index is -0.958. The molecule has 2 N–H and O–H groups in total. The molecule has 1 atom stereocenters. The second kappa shape index (κ2) is 6.68. The van der Waals surface area contributed by atoms with Crippen molar-refractivity contribution >= 4 is 18.0 Å². The van der Waals surface area contributed by atoms with Crippen LogP contribution in [0.4, 0.5) is 4.39 Å². The molecule has 0 bridgehead atoms. The van der Waals surface area contributed by atoms with E-state index in [-0.39, 0.29) is 18.3 Å². The van der Waals surface area contributed by atoms with E-state index < -0.39 is 11.9 Å². The molecular formula is C14H16FNO3. The standard InChI is InChI=1S/C14H16FNO3/c1-9(7-11-3-5-12(15)6-4-11)13(17)16-8-10(2)14(18)19/h3-7,10H,8H2,1-2H3,(H,16,17)(H,18,19)/b9-7+/t10-/m0/s1. The highest BCUT2D eigenvalue weighted by atomic mass is 19.1. The smallest absolute Gasteiger partial charge is 0.308 e. The van der Waals surface area contributed by atoms with Gasteiger partial charge in [-0.1, -0.05) is 19.1 Å². The molecule has 1 rings (SSSR count). The molecule has 0 aliphatic carbocycles. The Labute approximate surface area is 110 Å². The molecule has 5 heteroatoms. The summed E-state index contributed by atoms with van der Waals surface area (Å²) in [7, 11) is 0. The Balaban J connectivity index is 2.61. The molecule has 0 saturated heterocycles. The van der Waals surface area contributed by atoms with E-state index in [2.05, 4.69) is 5.32 Å². The van der Waals surface area contributed by atoms with Crippen molar-refractivity contribution in [3.05, 3.63) is 41.2 Å². The number of halogens is 1. The lowest BCUT2D eigenvalue weighted by atomic mass is 10.1. The molecule has 0 aromatic heterocycles. The fourth-order valence-electron chi connectivity index (χ4n) is 1.35. The van der Waals surface area contributed by atoms with Crippen LogP contribution in [0.25, 0.3) is 6.08 Å². The fraction of sp³-hybridized carbons (Fsp3) is 0.286. The number of rotatable bonds is 5. The highest BCUT2D eigenvalue weighted by Crippen LogP contribution is 2.08. The molecule has 0 spiro atoms. The number of amides is 1. The van der Waals surface area contributed by atoms with Crippen LogP contribution in [0.3, 0.4) is 0 Å². The minimum absolute atomic E-state index is 0.0722. The van der Waals surface area contributed by atoms with Gasteiger partial charge in [-0.15, -0.1) is 0 Å². The zero-order valence-electron chi connectivity index (χ0n) is 10.8. The van der Waals surface area contributed by atoms with Gasteiger partial charge in [0.15, 0.2) is 0 Å². The summed E-state index contributed by atoms with van der Waals surface area (Å²) in [6.07, 6.45) is 1.61. The Morgan fingerprint density at radius 2 is 1.95 bits per heavy atom. The average Bonchev–Trinajstić information content (AvgIpc) is 2.37. The van der Waals surface area contributed by atoms with Gasteiger partial charge in [-0.05, 0) is 30.7 Å². The lowest BCUT2D eigenvalue weighted by Crippen LogP contribution is -2.31. The van der Waals surface area contributed by atoms with Gasteiger partial charge in [0.1, 0.15) is 5.82 Å². The SMILES string of the molecule is C/C(=C\c1ccc(F)cc1)C(=O)NC[C@H](C)C(=O)O. The highest BCUT2D eigenvalue weighted by molar-refractivity contribution is 5.97. The zero-order valence-corrected chi connectivity index (χ0v) is 10.8. The molecule has 4 nitrogen and oxygen atoms in total. The van der Waals surface area contributed by atoms with E-state index in [1.165, 1.54) is 19.1 Å². The number of hydrogen-bond donors (Lipinski definition) is 2. The second-order valence-electron chi connectivity index (χ2n) is 4.33. The molecule has 0 radical (unpaired) electrons. The molecule has 0 heterocycles. The first kappa shape index (κ1) is 14.9. The minimum Gasteiger partial charge on any atom is -0.481 e. The molecule has 0 aliphatic rings. The highest BCUT2D eigenvalue weighted by Gasteiger charge is 2.12. The van der Waals surface area contributed by atoms with Crippen molar-refractivity contribution in [2.45, 2.75) is 13.8 Å². The summed E-state index contributed by atoms with van der Waals surface area (Å²) < 4.78 is 12.7. The van der Waals surface area contributed by atoms with Crippen LogP contribution in [0.5, 0.6) is 0 Å². The van der Waals surface area contributed by atoms with Crippen molar-refractivity contribution in [1.29, 1.82) is 0 Å². The lowest BCUT2D eigenvalue weighted by molar-refractivity contribution is -0.141. The molecule has 102 valence electrons. The van der Waals surface area contributed by atoms with E-state index in [1.54, 1.807) is 25.1 Å². The third kappa shape index (κ3) is 4.91. The van der Waals surface area contributed by atoms with Crippen molar-refractivity contribution in [2.75, 3.05) is 6.54 Å². The van der Waals surface area contributed by atoms with Crippen LogP contribution in [0.15, 0.2) is 29.8 Å². The molecule has 0 fully saturated rings. The summed E-state index contributed by atoms with van der Waals surface area (Å²) in [6, 6.07) is 5.74. The lowest BCUT2D eigenvalue weighted by Gasteiger charge is -2.08.